The Hall–Kier alpha value is -3.04. The zero-order valence-electron chi connectivity index (χ0n) is 14.7. The molecule has 1 heterocycles. The number of rotatable bonds is 6. The van der Waals surface area contributed by atoms with E-state index < -0.39 is 17.9 Å². The zero-order chi connectivity index (χ0) is 20.1. The molecule has 0 aromatic heterocycles. The molecule has 2 amide bonds. The van der Waals surface area contributed by atoms with Crippen LogP contribution in [-0.2, 0) is 16.1 Å². The van der Waals surface area contributed by atoms with E-state index in [2.05, 4.69) is 25.7 Å². The first-order chi connectivity index (χ1) is 12.6. The first-order valence-electron chi connectivity index (χ1n) is 8.06. The molecule has 2 rings (SSSR count). The maximum atomic E-state index is 12.6. The third kappa shape index (κ3) is 5.73. The van der Waals surface area contributed by atoms with Crippen molar-refractivity contribution < 1.29 is 27.5 Å². The van der Waals surface area contributed by atoms with Crippen molar-refractivity contribution in [2.75, 3.05) is 0 Å². The molecule has 0 fully saturated rings. The normalized spacial score (nSPS) is 18.6. The van der Waals surface area contributed by atoms with E-state index in [1.807, 2.05) is 0 Å². The molecule has 1 aromatic carbocycles. The number of hydrogen-bond acceptors (Lipinski definition) is 5. The summed E-state index contributed by atoms with van der Waals surface area (Å²) in [6.45, 7) is 3.17. The molecule has 0 radical (unpaired) electrons. The lowest BCUT2D eigenvalue weighted by Gasteiger charge is -2.31. The van der Waals surface area contributed by atoms with Crippen LogP contribution in [0.15, 0.2) is 35.6 Å². The highest BCUT2D eigenvalue weighted by Crippen LogP contribution is 2.25. The van der Waals surface area contributed by atoms with Crippen LogP contribution in [0.2, 0.25) is 0 Å². The van der Waals surface area contributed by atoms with E-state index in [9.17, 15) is 22.8 Å². The van der Waals surface area contributed by atoms with Gasteiger partial charge in [0.25, 0.3) is 5.91 Å². The lowest BCUT2D eigenvalue weighted by molar-refractivity contribution is -0.274. The standard InChI is InChI=1S/C17H19F3N4O3/c1-3-14(25)24-16(10-21-4-5-23-16)15(26)22-9-12-6-11(2)7-13(8-12)27-17(18,19)20/h4-8,10,23H,3,9H2,1-2H3,(H,22,26)(H,24,25). The fraction of sp³-hybridized carbons (Fsp3) is 0.353. The number of nitrogens with one attached hydrogen (secondary N) is 3. The van der Waals surface area contributed by atoms with Gasteiger partial charge in [0.2, 0.25) is 11.6 Å². The van der Waals surface area contributed by atoms with Gasteiger partial charge in [-0.25, -0.2) is 0 Å². The van der Waals surface area contributed by atoms with Crippen molar-refractivity contribution in [3.63, 3.8) is 0 Å². The maximum absolute atomic E-state index is 12.6. The third-order valence-electron chi connectivity index (χ3n) is 3.55. The average molecular weight is 384 g/mol. The van der Waals surface area contributed by atoms with Crippen molar-refractivity contribution >= 4 is 18.0 Å². The number of halogens is 3. The minimum atomic E-state index is -4.81. The van der Waals surface area contributed by atoms with E-state index in [4.69, 9.17) is 0 Å². The number of hydrogen-bond donors (Lipinski definition) is 3. The summed E-state index contributed by atoms with van der Waals surface area (Å²) in [6, 6.07) is 4.03. The second-order valence-electron chi connectivity index (χ2n) is 5.83. The molecule has 0 spiro atoms. The molecule has 0 bridgehead atoms. The van der Waals surface area contributed by atoms with Crippen LogP contribution < -0.4 is 20.7 Å². The molecular formula is C17H19F3N4O3. The Morgan fingerprint density at radius 2 is 2.04 bits per heavy atom. The molecule has 7 nitrogen and oxygen atoms in total. The van der Waals surface area contributed by atoms with Gasteiger partial charge in [-0.05, 0) is 30.2 Å². The van der Waals surface area contributed by atoms with Crippen LogP contribution in [0.4, 0.5) is 13.2 Å². The van der Waals surface area contributed by atoms with Gasteiger partial charge < -0.3 is 20.7 Å². The molecule has 27 heavy (non-hydrogen) atoms. The molecule has 1 unspecified atom stereocenters. The molecule has 3 N–H and O–H groups in total. The summed E-state index contributed by atoms with van der Waals surface area (Å²) < 4.78 is 41.1. The summed E-state index contributed by atoms with van der Waals surface area (Å²) in [5, 5.41) is 7.85. The Morgan fingerprint density at radius 1 is 1.30 bits per heavy atom. The lowest BCUT2D eigenvalue weighted by Crippen LogP contribution is -2.67. The number of aliphatic imine (C=N–C) groups is 1. The molecule has 146 valence electrons. The van der Waals surface area contributed by atoms with Gasteiger partial charge >= 0.3 is 6.36 Å². The number of benzene rings is 1. The van der Waals surface area contributed by atoms with E-state index in [0.29, 0.717) is 11.1 Å². The largest absolute Gasteiger partial charge is 0.573 e. The second kappa shape index (κ2) is 8.11. The van der Waals surface area contributed by atoms with Crippen LogP contribution >= 0.6 is 0 Å². The van der Waals surface area contributed by atoms with Gasteiger partial charge in [0.05, 0.1) is 6.21 Å². The smallest absolute Gasteiger partial charge is 0.406 e. The molecule has 1 aliphatic heterocycles. The van der Waals surface area contributed by atoms with E-state index in [0.717, 1.165) is 0 Å². The minimum Gasteiger partial charge on any atom is -0.406 e. The SMILES string of the molecule is CCC(=O)NC1(C(=O)NCc2cc(C)cc(OC(F)(F)F)c2)C=NC=CN1. The molecule has 1 atom stereocenters. The quantitative estimate of drug-likeness (QED) is 0.698. The first-order valence-corrected chi connectivity index (χ1v) is 8.06. The van der Waals surface area contributed by atoms with Crippen LogP contribution in [0.5, 0.6) is 5.75 Å². The predicted octanol–water partition coefficient (Wildman–Crippen LogP) is 1.88. The van der Waals surface area contributed by atoms with Gasteiger partial charge in [-0.2, -0.15) is 0 Å². The van der Waals surface area contributed by atoms with E-state index in [-0.39, 0.29) is 24.6 Å². The van der Waals surface area contributed by atoms with Crippen molar-refractivity contribution in [1.29, 1.82) is 0 Å². The zero-order valence-corrected chi connectivity index (χ0v) is 14.7. The molecule has 1 aromatic rings. The fourth-order valence-corrected chi connectivity index (χ4v) is 2.40. The van der Waals surface area contributed by atoms with Crippen molar-refractivity contribution in [3.8, 4) is 5.75 Å². The average Bonchev–Trinajstić information content (AvgIpc) is 2.58. The molecule has 10 heteroatoms. The number of carbonyl (C=O) groups excluding carboxylic acids is 2. The third-order valence-corrected chi connectivity index (χ3v) is 3.55. The Labute approximate surface area is 153 Å². The number of alkyl halides is 3. The summed E-state index contributed by atoms with van der Waals surface area (Å²) in [4.78, 5) is 28.2. The van der Waals surface area contributed by atoms with Gasteiger partial charge in [-0.3, -0.25) is 14.6 Å². The van der Waals surface area contributed by atoms with E-state index >= 15 is 0 Å². The van der Waals surface area contributed by atoms with Crippen molar-refractivity contribution in [2.24, 2.45) is 4.99 Å². The topological polar surface area (TPSA) is 91.8 Å². The number of nitrogens with zero attached hydrogens (tertiary/aromatic N) is 1. The molecule has 1 aliphatic rings. The van der Waals surface area contributed by atoms with Crippen LogP contribution in [0.3, 0.4) is 0 Å². The van der Waals surface area contributed by atoms with Gasteiger partial charge in [0.1, 0.15) is 5.75 Å². The lowest BCUT2D eigenvalue weighted by atomic mass is 10.1. The molecule has 0 saturated carbocycles. The number of aryl methyl sites for hydroxylation is 1. The number of carbonyl (C=O) groups is 2. The highest BCUT2D eigenvalue weighted by Gasteiger charge is 2.38. The number of amides is 2. The van der Waals surface area contributed by atoms with Crippen molar-refractivity contribution in [3.05, 3.63) is 41.7 Å². The Balaban J connectivity index is 2.12. The van der Waals surface area contributed by atoms with Crippen LogP contribution in [0.25, 0.3) is 0 Å². The predicted molar refractivity (Wildman–Crippen MR) is 91.6 cm³/mol. The van der Waals surface area contributed by atoms with Gasteiger partial charge in [0.15, 0.2) is 0 Å². The fourth-order valence-electron chi connectivity index (χ4n) is 2.40. The minimum absolute atomic E-state index is 0.0717. The van der Waals surface area contributed by atoms with Gasteiger partial charge in [0, 0.05) is 25.4 Å². The van der Waals surface area contributed by atoms with Gasteiger partial charge in [-0.15, -0.1) is 13.2 Å². The second-order valence-corrected chi connectivity index (χ2v) is 5.83. The Morgan fingerprint density at radius 3 is 2.63 bits per heavy atom. The van der Waals surface area contributed by atoms with Crippen LogP contribution in [0.1, 0.15) is 24.5 Å². The summed E-state index contributed by atoms with van der Waals surface area (Å²) in [5.74, 6) is -1.37. The highest BCUT2D eigenvalue weighted by molar-refractivity contribution is 6.06. The summed E-state index contributed by atoms with van der Waals surface area (Å²) >= 11 is 0. The highest BCUT2D eigenvalue weighted by atomic mass is 19.4. The van der Waals surface area contributed by atoms with Crippen LogP contribution in [0, 0.1) is 6.92 Å². The maximum Gasteiger partial charge on any atom is 0.573 e. The summed E-state index contributed by atoms with van der Waals surface area (Å²) in [5.41, 5.74) is -0.630. The molecule has 0 aliphatic carbocycles. The number of ether oxygens (including phenoxy) is 1. The van der Waals surface area contributed by atoms with E-state index in [1.165, 1.54) is 30.7 Å². The van der Waals surface area contributed by atoms with E-state index in [1.54, 1.807) is 19.9 Å². The van der Waals surface area contributed by atoms with Crippen molar-refractivity contribution in [2.45, 2.75) is 38.8 Å². The molecular weight excluding hydrogens is 365 g/mol. The van der Waals surface area contributed by atoms with Gasteiger partial charge in [-0.1, -0.05) is 13.0 Å². The molecule has 0 saturated heterocycles. The first kappa shape index (κ1) is 20.3. The monoisotopic (exact) mass is 384 g/mol. The summed E-state index contributed by atoms with van der Waals surface area (Å²) in [6.07, 6.45) is -0.603. The van der Waals surface area contributed by atoms with Crippen molar-refractivity contribution in [1.82, 2.24) is 16.0 Å². The Bertz CT molecular complexity index is 777. The van der Waals surface area contributed by atoms with Crippen LogP contribution in [-0.4, -0.2) is 30.1 Å². The summed E-state index contributed by atoms with van der Waals surface area (Å²) in [7, 11) is 0. The Kier molecular flexibility index (Phi) is 6.09.